The standard InChI is InChI=1S/C20H19F4N3O3S/c1-26(10-12-7-8-15(30-18(21)22)16(9-12)29-2)17(28)11-27-14-6-4-3-5-13(14)25-20(27)31-19(23)24/h3-9,18-19H,10-11H2,1-2H3. The number of carbonyl (C=O) groups is 1. The van der Waals surface area contributed by atoms with Gasteiger partial charge in [0, 0.05) is 13.6 Å². The van der Waals surface area contributed by atoms with Gasteiger partial charge in [0.05, 0.1) is 18.1 Å². The Morgan fingerprint density at radius 2 is 1.90 bits per heavy atom. The molecule has 0 saturated carbocycles. The minimum absolute atomic E-state index is 0.0492. The largest absolute Gasteiger partial charge is 0.493 e. The summed E-state index contributed by atoms with van der Waals surface area (Å²) in [5, 5.41) is 0.0492. The summed E-state index contributed by atoms with van der Waals surface area (Å²) in [5.41, 5.74) is 1.70. The molecule has 0 radical (unpaired) electrons. The molecular weight excluding hydrogens is 438 g/mol. The van der Waals surface area contributed by atoms with Gasteiger partial charge in [-0.1, -0.05) is 18.2 Å². The number of para-hydroxylation sites is 2. The number of carbonyl (C=O) groups excluding carboxylic acids is 1. The normalized spacial score (nSPS) is 11.4. The topological polar surface area (TPSA) is 56.6 Å². The van der Waals surface area contributed by atoms with E-state index in [-0.39, 0.29) is 47.4 Å². The number of rotatable bonds is 9. The third-order valence-corrected chi connectivity index (χ3v) is 5.10. The summed E-state index contributed by atoms with van der Waals surface area (Å²) in [6.07, 6.45) is 0. The summed E-state index contributed by atoms with van der Waals surface area (Å²) in [5.74, 6) is -3.03. The molecule has 166 valence electrons. The summed E-state index contributed by atoms with van der Waals surface area (Å²) in [6.45, 7) is -3.03. The smallest absolute Gasteiger partial charge is 0.387 e. The van der Waals surface area contributed by atoms with Crippen LogP contribution in [-0.2, 0) is 17.9 Å². The molecule has 1 heterocycles. The van der Waals surface area contributed by atoms with Gasteiger partial charge in [-0.15, -0.1) is 0 Å². The lowest BCUT2D eigenvalue weighted by Gasteiger charge is -2.19. The van der Waals surface area contributed by atoms with Crippen molar-refractivity contribution < 1.29 is 31.8 Å². The minimum atomic E-state index is -2.99. The number of methoxy groups -OCH3 is 1. The number of nitrogens with zero attached hydrogens (tertiary/aromatic N) is 3. The van der Waals surface area contributed by atoms with E-state index in [9.17, 15) is 22.4 Å². The van der Waals surface area contributed by atoms with Crippen LogP contribution >= 0.6 is 11.8 Å². The molecule has 0 aliphatic rings. The number of hydrogen-bond donors (Lipinski definition) is 0. The molecule has 0 spiro atoms. The second-order valence-electron chi connectivity index (χ2n) is 6.46. The number of alkyl halides is 4. The van der Waals surface area contributed by atoms with Gasteiger partial charge in [-0.2, -0.15) is 17.6 Å². The number of aromatic nitrogens is 2. The average Bonchev–Trinajstić information content (AvgIpc) is 3.05. The van der Waals surface area contributed by atoms with Gasteiger partial charge in [0.2, 0.25) is 5.91 Å². The van der Waals surface area contributed by atoms with Gasteiger partial charge in [-0.3, -0.25) is 4.79 Å². The number of hydrogen-bond acceptors (Lipinski definition) is 5. The van der Waals surface area contributed by atoms with E-state index < -0.39 is 12.4 Å². The first-order valence-corrected chi connectivity index (χ1v) is 9.92. The van der Waals surface area contributed by atoms with Gasteiger partial charge < -0.3 is 18.9 Å². The number of likely N-dealkylation sites (N-methyl/N-ethyl adjacent to an activating group) is 1. The second-order valence-corrected chi connectivity index (χ2v) is 7.42. The molecule has 11 heteroatoms. The van der Waals surface area contributed by atoms with Crippen LogP contribution in [0, 0.1) is 0 Å². The summed E-state index contributed by atoms with van der Waals surface area (Å²) in [6, 6.07) is 11.2. The first kappa shape index (κ1) is 22.7. The molecule has 6 nitrogen and oxygen atoms in total. The zero-order valence-electron chi connectivity index (χ0n) is 16.6. The van der Waals surface area contributed by atoms with Crippen molar-refractivity contribution in [2.75, 3.05) is 14.2 Å². The Morgan fingerprint density at radius 3 is 2.58 bits per heavy atom. The van der Waals surface area contributed by atoms with E-state index in [2.05, 4.69) is 9.72 Å². The van der Waals surface area contributed by atoms with Gasteiger partial charge >= 0.3 is 6.61 Å². The fourth-order valence-corrected chi connectivity index (χ4v) is 3.60. The highest BCUT2D eigenvalue weighted by molar-refractivity contribution is 7.99. The molecule has 0 N–H and O–H groups in total. The zero-order valence-corrected chi connectivity index (χ0v) is 17.4. The molecule has 3 rings (SSSR count). The Balaban J connectivity index is 1.77. The molecule has 1 aromatic heterocycles. The quantitative estimate of drug-likeness (QED) is 0.347. The van der Waals surface area contributed by atoms with Gasteiger partial charge in [-0.25, -0.2) is 4.98 Å². The van der Waals surface area contributed by atoms with E-state index >= 15 is 0 Å². The Kier molecular flexibility index (Phi) is 7.26. The van der Waals surface area contributed by atoms with Crippen molar-refractivity contribution in [3.05, 3.63) is 48.0 Å². The van der Waals surface area contributed by atoms with Crippen LogP contribution in [0.25, 0.3) is 11.0 Å². The molecule has 0 unspecified atom stereocenters. The highest BCUT2D eigenvalue weighted by atomic mass is 32.2. The minimum Gasteiger partial charge on any atom is -0.493 e. The van der Waals surface area contributed by atoms with Crippen molar-refractivity contribution in [1.82, 2.24) is 14.5 Å². The van der Waals surface area contributed by atoms with Crippen LogP contribution < -0.4 is 9.47 Å². The molecule has 0 aliphatic heterocycles. The van der Waals surface area contributed by atoms with Crippen molar-refractivity contribution in [2.24, 2.45) is 0 Å². The van der Waals surface area contributed by atoms with Gasteiger partial charge in [-0.05, 0) is 41.6 Å². The molecule has 1 amide bonds. The lowest BCUT2D eigenvalue weighted by atomic mass is 10.2. The molecular formula is C20H19F4N3O3S. The number of imidazole rings is 1. The van der Waals surface area contributed by atoms with E-state index in [0.29, 0.717) is 16.6 Å². The predicted molar refractivity (Wildman–Crippen MR) is 108 cm³/mol. The summed E-state index contributed by atoms with van der Waals surface area (Å²) in [7, 11) is 2.87. The average molecular weight is 457 g/mol. The van der Waals surface area contributed by atoms with Crippen LogP contribution in [0.1, 0.15) is 5.56 Å². The van der Waals surface area contributed by atoms with Gasteiger partial charge in [0.15, 0.2) is 16.7 Å². The first-order valence-electron chi connectivity index (χ1n) is 9.04. The fourth-order valence-electron chi connectivity index (χ4n) is 3.00. The molecule has 0 fully saturated rings. The maximum Gasteiger partial charge on any atom is 0.387 e. The molecule has 0 atom stereocenters. The van der Waals surface area contributed by atoms with Crippen molar-refractivity contribution >= 4 is 28.7 Å². The maximum atomic E-state index is 12.9. The van der Waals surface area contributed by atoms with Gasteiger partial charge in [0.25, 0.3) is 5.76 Å². The first-order chi connectivity index (χ1) is 14.8. The molecule has 0 aliphatic carbocycles. The third kappa shape index (κ3) is 5.60. The summed E-state index contributed by atoms with van der Waals surface area (Å²) in [4.78, 5) is 18.4. The van der Waals surface area contributed by atoms with Crippen molar-refractivity contribution in [2.45, 2.75) is 30.6 Å². The Morgan fingerprint density at radius 1 is 1.16 bits per heavy atom. The molecule has 0 saturated heterocycles. The number of amides is 1. The lowest BCUT2D eigenvalue weighted by molar-refractivity contribution is -0.131. The lowest BCUT2D eigenvalue weighted by Crippen LogP contribution is -2.30. The van der Waals surface area contributed by atoms with Crippen molar-refractivity contribution in [3.8, 4) is 11.5 Å². The van der Waals surface area contributed by atoms with Crippen LogP contribution in [0.2, 0.25) is 0 Å². The van der Waals surface area contributed by atoms with E-state index in [0.717, 1.165) is 0 Å². The SMILES string of the molecule is COc1cc(CN(C)C(=O)Cn2c(SC(F)F)nc3ccccc32)ccc1OC(F)F. The molecule has 3 aromatic rings. The molecule has 0 bridgehead atoms. The van der Waals surface area contributed by atoms with Crippen LogP contribution in [0.4, 0.5) is 17.6 Å². The van der Waals surface area contributed by atoms with Crippen molar-refractivity contribution in [1.29, 1.82) is 0 Å². The van der Waals surface area contributed by atoms with Crippen LogP contribution in [-0.4, -0.2) is 46.9 Å². The highest BCUT2D eigenvalue weighted by Crippen LogP contribution is 2.30. The highest BCUT2D eigenvalue weighted by Gasteiger charge is 2.20. The van der Waals surface area contributed by atoms with Crippen LogP contribution in [0.3, 0.4) is 0 Å². The second kappa shape index (κ2) is 9.90. The fraction of sp³-hybridized carbons (Fsp3) is 0.300. The van der Waals surface area contributed by atoms with E-state index in [1.807, 2.05) is 0 Å². The molecule has 2 aromatic carbocycles. The monoisotopic (exact) mass is 457 g/mol. The third-order valence-electron chi connectivity index (χ3n) is 4.40. The number of thioether (sulfide) groups is 1. The van der Waals surface area contributed by atoms with Crippen LogP contribution in [0.15, 0.2) is 47.6 Å². The van der Waals surface area contributed by atoms with E-state index in [1.54, 1.807) is 31.3 Å². The summed E-state index contributed by atoms with van der Waals surface area (Å²) >= 11 is 0.276. The molecule has 31 heavy (non-hydrogen) atoms. The van der Waals surface area contributed by atoms with Crippen LogP contribution in [0.5, 0.6) is 11.5 Å². The number of benzene rings is 2. The van der Waals surface area contributed by atoms with Gasteiger partial charge in [0.1, 0.15) is 6.54 Å². The zero-order chi connectivity index (χ0) is 22.5. The number of halogens is 4. The van der Waals surface area contributed by atoms with E-state index in [1.165, 1.54) is 34.8 Å². The Bertz CT molecular complexity index is 1060. The Labute approximate surface area is 179 Å². The Hall–Kier alpha value is -2.95. The number of ether oxygens (including phenoxy) is 2. The number of fused-ring (bicyclic) bond motifs is 1. The predicted octanol–water partition coefficient (Wildman–Crippen LogP) is 4.62. The summed E-state index contributed by atoms with van der Waals surface area (Å²) < 4.78 is 61.7. The van der Waals surface area contributed by atoms with E-state index in [4.69, 9.17) is 4.74 Å². The maximum absolute atomic E-state index is 12.9. The van der Waals surface area contributed by atoms with Crippen molar-refractivity contribution in [3.63, 3.8) is 0 Å².